The van der Waals surface area contributed by atoms with E-state index in [2.05, 4.69) is 5.32 Å². The van der Waals surface area contributed by atoms with E-state index >= 15 is 0 Å². The van der Waals surface area contributed by atoms with Gasteiger partial charge >= 0.3 is 0 Å². The molecule has 23 heavy (non-hydrogen) atoms. The second-order valence-electron chi connectivity index (χ2n) is 5.80. The molecule has 0 aliphatic carbocycles. The van der Waals surface area contributed by atoms with Gasteiger partial charge in [-0.25, -0.2) is 8.42 Å². The van der Waals surface area contributed by atoms with Crippen LogP contribution in [0, 0.1) is 5.92 Å². The lowest BCUT2D eigenvalue weighted by Gasteiger charge is -2.22. The summed E-state index contributed by atoms with van der Waals surface area (Å²) < 4.78 is 26.9. The fourth-order valence-electron chi connectivity index (χ4n) is 2.71. The van der Waals surface area contributed by atoms with Crippen molar-refractivity contribution in [3.8, 4) is 0 Å². The third-order valence-corrected chi connectivity index (χ3v) is 6.03. The first-order chi connectivity index (χ1) is 11.0. The monoisotopic (exact) mass is 340 g/mol. The van der Waals surface area contributed by atoms with Gasteiger partial charge in [-0.3, -0.25) is 4.79 Å². The highest BCUT2D eigenvalue weighted by molar-refractivity contribution is 7.89. The van der Waals surface area contributed by atoms with E-state index in [0.29, 0.717) is 25.9 Å². The van der Waals surface area contributed by atoms with Crippen molar-refractivity contribution in [2.75, 3.05) is 26.2 Å². The molecule has 2 rings (SSSR count). The highest BCUT2D eigenvalue weighted by Gasteiger charge is 2.25. The van der Waals surface area contributed by atoms with Crippen LogP contribution in [-0.2, 0) is 14.8 Å². The zero-order chi connectivity index (χ0) is 16.7. The summed E-state index contributed by atoms with van der Waals surface area (Å²) in [4.78, 5) is 12.1. The van der Waals surface area contributed by atoms with Crippen molar-refractivity contribution in [3.05, 3.63) is 30.3 Å². The molecule has 1 aromatic carbocycles. The molecule has 0 aromatic heterocycles. The molecule has 1 aliphatic rings. The van der Waals surface area contributed by atoms with Crippen molar-refractivity contribution in [1.29, 1.82) is 0 Å². The van der Waals surface area contributed by atoms with Crippen LogP contribution in [0.2, 0.25) is 0 Å². The molecule has 1 atom stereocenters. The van der Waals surface area contributed by atoms with Crippen LogP contribution in [0.15, 0.2) is 35.2 Å². The maximum Gasteiger partial charge on any atom is 0.243 e. The van der Waals surface area contributed by atoms with Crippen LogP contribution in [0.1, 0.15) is 25.7 Å². The number of amides is 1. The van der Waals surface area contributed by atoms with Crippen molar-refractivity contribution in [2.24, 2.45) is 5.92 Å². The third kappa shape index (κ3) is 5.02. The number of nitrogens with one attached hydrogen (secondary N) is 1. The number of sulfonamides is 1. The molecule has 2 N–H and O–H groups in total. The van der Waals surface area contributed by atoms with E-state index in [4.69, 9.17) is 0 Å². The zero-order valence-electron chi connectivity index (χ0n) is 13.1. The fraction of sp³-hybridized carbons (Fsp3) is 0.562. The number of nitrogens with zero attached hydrogens (tertiary/aromatic N) is 1. The van der Waals surface area contributed by atoms with Crippen LogP contribution in [0.5, 0.6) is 0 Å². The lowest BCUT2D eigenvalue weighted by atomic mass is 10.0. The number of carbonyl (C=O) groups is 1. The van der Waals surface area contributed by atoms with Crippen LogP contribution >= 0.6 is 0 Å². The summed E-state index contributed by atoms with van der Waals surface area (Å²) in [7, 11) is -3.60. The molecule has 128 valence electrons. The summed E-state index contributed by atoms with van der Waals surface area (Å²) in [5, 5.41) is 12.2. The molecule has 1 fully saturated rings. The first-order valence-corrected chi connectivity index (χ1v) is 9.41. The summed E-state index contributed by atoms with van der Waals surface area (Å²) in [5.74, 6) is -0.0634. The lowest BCUT2D eigenvalue weighted by Crippen LogP contribution is -2.35. The van der Waals surface area contributed by atoms with Crippen molar-refractivity contribution in [3.63, 3.8) is 0 Å². The lowest BCUT2D eigenvalue weighted by molar-refractivity contribution is -0.121. The van der Waals surface area contributed by atoms with E-state index in [1.807, 2.05) is 0 Å². The summed E-state index contributed by atoms with van der Waals surface area (Å²) in [6.45, 7) is 1.12. The van der Waals surface area contributed by atoms with Gasteiger partial charge in [-0.15, -0.1) is 0 Å². The van der Waals surface area contributed by atoms with Gasteiger partial charge in [-0.2, -0.15) is 4.31 Å². The molecule has 6 nitrogen and oxygen atoms in total. The number of aliphatic hydroxyl groups is 1. The van der Waals surface area contributed by atoms with Gasteiger partial charge in [0.05, 0.1) is 4.90 Å². The van der Waals surface area contributed by atoms with Gasteiger partial charge < -0.3 is 10.4 Å². The third-order valence-electron chi connectivity index (χ3n) is 4.12. The van der Waals surface area contributed by atoms with Gasteiger partial charge in [0.2, 0.25) is 15.9 Å². The van der Waals surface area contributed by atoms with E-state index in [1.54, 1.807) is 30.3 Å². The van der Waals surface area contributed by atoms with E-state index in [9.17, 15) is 18.3 Å². The number of rotatable bonds is 3. The largest absolute Gasteiger partial charge is 0.396 e. The Labute approximate surface area is 137 Å². The Balaban J connectivity index is 2.16. The maximum atomic E-state index is 12.7. The van der Waals surface area contributed by atoms with Crippen LogP contribution in [0.25, 0.3) is 0 Å². The Bertz CT molecular complexity index is 604. The number of hydrogen-bond acceptors (Lipinski definition) is 4. The van der Waals surface area contributed by atoms with E-state index in [1.165, 1.54) is 4.31 Å². The summed E-state index contributed by atoms with van der Waals surface area (Å²) in [6.07, 6.45) is 2.28. The molecule has 1 aromatic rings. The average molecular weight is 340 g/mol. The average Bonchev–Trinajstić information content (AvgIpc) is 2.60. The second-order valence-corrected chi connectivity index (χ2v) is 7.73. The molecule has 1 unspecified atom stereocenters. The van der Waals surface area contributed by atoms with Gasteiger partial charge in [0.25, 0.3) is 0 Å². The minimum Gasteiger partial charge on any atom is -0.396 e. The maximum absolute atomic E-state index is 12.7. The molecule has 1 amide bonds. The van der Waals surface area contributed by atoms with E-state index < -0.39 is 10.0 Å². The Morgan fingerprint density at radius 1 is 1.17 bits per heavy atom. The summed E-state index contributed by atoms with van der Waals surface area (Å²) in [6, 6.07) is 8.28. The van der Waals surface area contributed by atoms with Crippen LogP contribution < -0.4 is 5.32 Å². The molecule has 0 saturated carbocycles. The molecule has 1 heterocycles. The molecule has 0 spiro atoms. The number of carbonyl (C=O) groups excluding carboxylic acids is 1. The first kappa shape index (κ1) is 17.9. The Morgan fingerprint density at radius 2 is 1.91 bits per heavy atom. The number of aliphatic hydroxyl groups excluding tert-OH is 1. The van der Waals surface area contributed by atoms with Crippen molar-refractivity contribution < 1.29 is 18.3 Å². The predicted octanol–water partition coefficient (Wildman–Crippen LogP) is 0.976. The van der Waals surface area contributed by atoms with Gasteiger partial charge in [0.15, 0.2) is 0 Å². The van der Waals surface area contributed by atoms with Crippen molar-refractivity contribution in [2.45, 2.75) is 30.6 Å². The van der Waals surface area contributed by atoms with E-state index in [-0.39, 0.29) is 36.3 Å². The Hall–Kier alpha value is -1.44. The molecule has 0 bridgehead atoms. The van der Waals surface area contributed by atoms with E-state index in [0.717, 1.165) is 6.42 Å². The molecule has 7 heteroatoms. The highest BCUT2D eigenvalue weighted by atomic mass is 32.2. The summed E-state index contributed by atoms with van der Waals surface area (Å²) in [5.41, 5.74) is 0. The fourth-order valence-corrected chi connectivity index (χ4v) is 4.21. The van der Waals surface area contributed by atoms with Crippen molar-refractivity contribution >= 4 is 15.9 Å². The highest BCUT2D eigenvalue weighted by Crippen LogP contribution is 2.18. The molecule has 0 radical (unpaired) electrons. The van der Waals surface area contributed by atoms with Crippen LogP contribution in [0.4, 0.5) is 0 Å². The molecular formula is C16H24N2O4S. The van der Waals surface area contributed by atoms with Gasteiger partial charge in [0, 0.05) is 32.7 Å². The number of hydrogen-bond donors (Lipinski definition) is 2. The predicted molar refractivity (Wildman–Crippen MR) is 87.3 cm³/mol. The smallest absolute Gasteiger partial charge is 0.243 e. The first-order valence-electron chi connectivity index (χ1n) is 7.97. The summed E-state index contributed by atoms with van der Waals surface area (Å²) >= 11 is 0. The Kier molecular flexibility index (Phi) is 6.56. The SMILES string of the molecule is O=C1CCN(S(=O)(=O)c2ccccc2)CCCC(CO)CCN1. The van der Waals surface area contributed by atoms with Gasteiger partial charge in [-0.05, 0) is 37.3 Å². The Morgan fingerprint density at radius 3 is 2.61 bits per heavy atom. The normalized spacial score (nSPS) is 22.1. The second kappa shape index (κ2) is 8.42. The van der Waals surface area contributed by atoms with Crippen LogP contribution in [0.3, 0.4) is 0 Å². The van der Waals surface area contributed by atoms with Crippen LogP contribution in [-0.4, -0.2) is 50.0 Å². The van der Waals surface area contributed by atoms with Gasteiger partial charge in [0.1, 0.15) is 0 Å². The van der Waals surface area contributed by atoms with Gasteiger partial charge in [-0.1, -0.05) is 18.2 Å². The standard InChI is InChI=1S/C16H24N2O4S/c19-13-14-5-4-11-18(12-9-16(20)17-10-8-14)23(21,22)15-6-2-1-3-7-15/h1-3,6-7,14,19H,4-5,8-13H2,(H,17,20). The molecular weight excluding hydrogens is 316 g/mol. The topological polar surface area (TPSA) is 86.7 Å². The minimum absolute atomic E-state index is 0.0569. The van der Waals surface area contributed by atoms with Crippen molar-refractivity contribution in [1.82, 2.24) is 9.62 Å². The quantitative estimate of drug-likeness (QED) is 0.859. The minimum atomic E-state index is -3.60. The molecule has 1 aliphatic heterocycles. The molecule has 1 saturated heterocycles. The zero-order valence-corrected chi connectivity index (χ0v) is 14.0. The number of benzene rings is 1.